The van der Waals surface area contributed by atoms with Crippen LogP contribution in [0.4, 0.5) is 5.82 Å². The Labute approximate surface area is 162 Å². The van der Waals surface area contributed by atoms with E-state index < -0.39 is 6.10 Å². The van der Waals surface area contributed by atoms with E-state index in [9.17, 15) is 5.11 Å². The summed E-state index contributed by atoms with van der Waals surface area (Å²) in [5, 5.41) is 31.9. The molecule has 0 saturated carbocycles. The average molecular weight is 393 g/mol. The van der Waals surface area contributed by atoms with Crippen molar-refractivity contribution in [2.45, 2.75) is 6.10 Å². The van der Waals surface area contributed by atoms with Gasteiger partial charge >= 0.3 is 0 Å². The molecule has 0 aliphatic heterocycles. The standard InChI is InChI=1S/C19H15N5OS2/c25-14(16-9-12-3-1-2-4-15(12)27-16)10-20-17-5-6-18-21-22-19(24(18)23-17)13-7-8-26-11-13/h1-9,11,14,25H,10H2,(H,20,23). The minimum Gasteiger partial charge on any atom is -0.386 e. The number of hydrogen-bond donors (Lipinski definition) is 2. The second kappa shape index (κ2) is 6.73. The van der Waals surface area contributed by atoms with Crippen molar-refractivity contribution in [3.05, 3.63) is 64.2 Å². The molecule has 0 amide bonds. The third-order valence-corrected chi connectivity index (χ3v) is 6.19. The highest BCUT2D eigenvalue weighted by Crippen LogP contribution is 2.30. The zero-order valence-corrected chi connectivity index (χ0v) is 15.7. The second-order valence-corrected chi connectivity index (χ2v) is 8.00. The number of aliphatic hydroxyl groups is 1. The Morgan fingerprint density at radius 2 is 2.04 bits per heavy atom. The summed E-state index contributed by atoms with van der Waals surface area (Å²) in [6.45, 7) is 0.376. The first kappa shape index (κ1) is 16.4. The van der Waals surface area contributed by atoms with E-state index in [4.69, 9.17) is 0 Å². The molecule has 0 bridgehead atoms. The zero-order chi connectivity index (χ0) is 18.2. The summed E-state index contributed by atoms with van der Waals surface area (Å²) in [6, 6.07) is 15.9. The lowest BCUT2D eigenvalue weighted by Gasteiger charge is -2.10. The van der Waals surface area contributed by atoms with Crippen molar-refractivity contribution in [2.24, 2.45) is 0 Å². The average Bonchev–Trinajstić information content (AvgIpc) is 3.43. The van der Waals surface area contributed by atoms with Crippen molar-refractivity contribution in [3.8, 4) is 11.4 Å². The number of nitrogens with zero attached hydrogens (tertiary/aromatic N) is 4. The first-order chi connectivity index (χ1) is 13.3. The van der Waals surface area contributed by atoms with Crippen LogP contribution in [0.5, 0.6) is 0 Å². The smallest absolute Gasteiger partial charge is 0.186 e. The van der Waals surface area contributed by atoms with Crippen molar-refractivity contribution in [3.63, 3.8) is 0 Å². The molecule has 0 fully saturated rings. The highest BCUT2D eigenvalue weighted by atomic mass is 32.1. The van der Waals surface area contributed by atoms with Gasteiger partial charge in [-0.15, -0.1) is 26.6 Å². The first-order valence-electron chi connectivity index (χ1n) is 8.43. The number of thiophene rings is 2. The SMILES string of the molecule is OC(CNc1ccc2nnc(-c3ccsc3)n2n1)c1cc2ccccc2s1. The second-order valence-electron chi connectivity index (χ2n) is 6.11. The van der Waals surface area contributed by atoms with E-state index in [1.54, 1.807) is 27.2 Å². The molecule has 4 heterocycles. The third kappa shape index (κ3) is 3.08. The lowest BCUT2D eigenvalue weighted by atomic mass is 10.2. The van der Waals surface area contributed by atoms with Crippen molar-refractivity contribution >= 4 is 44.2 Å². The van der Waals surface area contributed by atoms with Gasteiger partial charge in [-0.1, -0.05) is 18.2 Å². The van der Waals surface area contributed by atoms with E-state index in [-0.39, 0.29) is 0 Å². The Hall–Kier alpha value is -2.81. The normalized spacial score (nSPS) is 12.6. The van der Waals surface area contributed by atoms with Gasteiger partial charge in [0.05, 0.1) is 0 Å². The van der Waals surface area contributed by atoms with Gasteiger partial charge in [0, 0.05) is 27.1 Å². The van der Waals surface area contributed by atoms with Gasteiger partial charge in [-0.3, -0.25) is 0 Å². The van der Waals surface area contributed by atoms with Crippen molar-refractivity contribution in [1.82, 2.24) is 19.8 Å². The maximum atomic E-state index is 10.6. The van der Waals surface area contributed by atoms with Crippen LogP contribution in [0.3, 0.4) is 0 Å². The van der Waals surface area contributed by atoms with Crippen LogP contribution in [0.25, 0.3) is 27.1 Å². The van der Waals surface area contributed by atoms with Gasteiger partial charge in [0.2, 0.25) is 0 Å². The Morgan fingerprint density at radius 1 is 1.11 bits per heavy atom. The number of rotatable bonds is 5. The van der Waals surface area contributed by atoms with Crippen molar-refractivity contribution in [1.29, 1.82) is 0 Å². The number of aliphatic hydroxyl groups excluding tert-OH is 1. The molecule has 134 valence electrons. The zero-order valence-electron chi connectivity index (χ0n) is 14.1. The fourth-order valence-corrected chi connectivity index (χ4v) is 4.61. The molecule has 1 unspecified atom stereocenters. The lowest BCUT2D eigenvalue weighted by Crippen LogP contribution is -2.13. The van der Waals surface area contributed by atoms with Crippen LogP contribution < -0.4 is 5.32 Å². The summed E-state index contributed by atoms with van der Waals surface area (Å²) >= 11 is 3.22. The molecule has 0 saturated heterocycles. The van der Waals surface area contributed by atoms with Gasteiger partial charge in [0.1, 0.15) is 11.9 Å². The molecule has 2 N–H and O–H groups in total. The van der Waals surface area contributed by atoms with Crippen LogP contribution in [-0.2, 0) is 0 Å². The van der Waals surface area contributed by atoms with Gasteiger partial charge in [0.25, 0.3) is 0 Å². The molecule has 1 atom stereocenters. The number of fused-ring (bicyclic) bond motifs is 2. The molecule has 8 heteroatoms. The monoisotopic (exact) mass is 393 g/mol. The van der Waals surface area contributed by atoms with Crippen LogP contribution in [-0.4, -0.2) is 31.5 Å². The van der Waals surface area contributed by atoms with Crippen LogP contribution in [0.15, 0.2) is 59.3 Å². The number of aromatic nitrogens is 4. The summed E-state index contributed by atoms with van der Waals surface area (Å²) in [6.07, 6.45) is -0.600. The highest BCUT2D eigenvalue weighted by molar-refractivity contribution is 7.19. The number of nitrogens with one attached hydrogen (secondary N) is 1. The Morgan fingerprint density at radius 3 is 2.89 bits per heavy atom. The topological polar surface area (TPSA) is 75.3 Å². The molecule has 0 radical (unpaired) electrons. The Balaban J connectivity index is 1.37. The summed E-state index contributed by atoms with van der Waals surface area (Å²) in [4.78, 5) is 0.938. The molecule has 6 nitrogen and oxygen atoms in total. The number of hydrogen-bond acceptors (Lipinski definition) is 7. The Bertz CT molecular complexity index is 1180. The third-order valence-electron chi connectivity index (χ3n) is 4.29. The predicted octanol–water partition coefficient (Wildman–Crippen LogP) is 4.21. The van der Waals surface area contributed by atoms with E-state index in [2.05, 4.69) is 32.7 Å². The summed E-state index contributed by atoms with van der Waals surface area (Å²) in [5.74, 6) is 1.37. The van der Waals surface area contributed by atoms with E-state index in [1.807, 2.05) is 47.2 Å². The molecule has 0 spiro atoms. The molecule has 27 heavy (non-hydrogen) atoms. The fourth-order valence-electron chi connectivity index (χ4n) is 2.92. The summed E-state index contributed by atoms with van der Waals surface area (Å²) in [5.41, 5.74) is 1.68. The Kier molecular flexibility index (Phi) is 4.08. The molecular weight excluding hydrogens is 378 g/mol. The van der Waals surface area contributed by atoms with Gasteiger partial charge in [-0.2, -0.15) is 15.9 Å². The van der Waals surface area contributed by atoms with Crippen LogP contribution in [0.2, 0.25) is 0 Å². The molecule has 5 aromatic rings. The number of benzene rings is 1. The maximum absolute atomic E-state index is 10.6. The lowest BCUT2D eigenvalue weighted by molar-refractivity contribution is 0.195. The molecule has 0 aliphatic carbocycles. The van der Waals surface area contributed by atoms with Crippen LogP contribution in [0, 0.1) is 0 Å². The largest absolute Gasteiger partial charge is 0.386 e. The molecule has 1 aromatic carbocycles. The van der Waals surface area contributed by atoms with E-state index in [0.29, 0.717) is 23.8 Å². The van der Waals surface area contributed by atoms with Gasteiger partial charge < -0.3 is 10.4 Å². The van der Waals surface area contributed by atoms with E-state index in [1.165, 1.54) is 4.70 Å². The first-order valence-corrected chi connectivity index (χ1v) is 10.2. The minimum absolute atomic E-state index is 0.376. The quantitative estimate of drug-likeness (QED) is 0.468. The van der Waals surface area contributed by atoms with Crippen LogP contribution >= 0.6 is 22.7 Å². The fraction of sp³-hybridized carbons (Fsp3) is 0.105. The van der Waals surface area contributed by atoms with Crippen molar-refractivity contribution < 1.29 is 5.11 Å². The van der Waals surface area contributed by atoms with Crippen LogP contribution in [0.1, 0.15) is 11.0 Å². The molecule has 4 aromatic heterocycles. The van der Waals surface area contributed by atoms with Gasteiger partial charge in [-0.05, 0) is 41.1 Å². The van der Waals surface area contributed by atoms with E-state index >= 15 is 0 Å². The summed E-state index contributed by atoms with van der Waals surface area (Å²) in [7, 11) is 0. The predicted molar refractivity (Wildman–Crippen MR) is 109 cm³/mol. The molecule has 0 aliphatic rings. The summed E-state index contributed by atoms with van der Waals surface area (Å²) < 4.78 is 2.90. The van der Waals surface area contributed by atoms with E-state index in [0.717, 1.165) is 15.8 Å². The number of anilines is 1. The minimum atomic E-state index is -0.600. The van der Waals surface area contributed by atoms with Crippen molar-refractivity contribution in [2.75, 3.05) is 11.9 Å². The molecular formula is C19H15N5OS2. The van der Waals surface area contributed by atoms with Gasteiger partial charge in [0.15, 0.2) is 11.5 Å². The van der Waals surface area contributed by atoms with Gasteiger partial charge in [-0.25, -0.2) is 0 Å². The maximum Gasteiger partial charge on any atom is 0.186 e. The molecule has 5 rings (SSSR count). The highest BCUT2D eigenvalue weighted by Gasteiger charge is 2.13.